The molecule has 0 saturated carbocycles. The molecule has 0 bridgehead atoms. The van der Waals surface area contributed by atoms with E-state index >= 15 is 0 Å². The number of alkyl halides is 6. The molecule has 0 amide bonds. The Bertz CT molecular complexity index is 1090. The van der Waals surface area contributed by atoms with Gasteiger partial charge in [-0.1, -0.05) is 29.8 Å². The summed E-state index contributed by atoms with van der Waals surface area (Å²) in [6.07, 6.45) is -10.2. The summed E-state index contributed by atoms with van der Waals surface area (Å²) >= 11 is 6.03. The van der Waals surface area contributed by atoms with E-state index in [2.05, 4.69) is 15.0 Å². The average molecular weight is 434 g/mol. The largest absolute Gasteiger partial charge is 0.416 e. The number of aromatic amines is 1. The fraction of sp³-hybridized carbons (Fsp3) is 0.167. The van der Waals surface area contributed by atoms with Crippen LogP contribution >= 0.6 is 11.6 Å². The highest BCUT2D eigenvalue weighted by molar-refractivity contribution is 6.33. The minimum atomic E-state index is -4.54. The predicted octanol–water partition coefficient (Wildman–Crippen LogP) is 5.28. The lowest BCUT2D eigenvalue weighted by Crippen LogP contribution is -2.15. The number of nitrogens with one attached hydrogen (secondary N) is 1. The number of hydrogen-bond acceptors (Lipinski definition) is 3. The first kappa shape index (κ1) is 20.8. The Hall–Kier alpha value is -2.88. The molecule has 0 unspecified atom stereocenters. The van der Waals surface area contributed by atoms with Gasteiger partial charge in [-0.05, 0) is 29.8 Å². The quantitative estimate of drug-likeness (QED) is 0.572. The van der Waals surface area contributed by atoms with Crippen molar-refractivity contribution in [3.63, 3.8) is 0 Å². The van der Waals surface area contributed by atoms with Gasteiger partial charge in [0.1, 0.15) is 5.82 Å². The molecule has 0 spiro atoms. The molecule has 11 heteroatoms. The Morgan fingerprint density at radius 1 is 0.931 bits per heavy atom. The Labute approximate surface area is 164 Å². The van der Waals surface area contributed by atoms with Crippen molar-refractivity contribution < 1.29 is 26.3 Å². The summed E-state index contributed by atoms with van der Waals surface area (Å²) in [5.74, 6) is -0.358. The molecule has 3 aromatic rings. The van der Waals surface area contributed by atoms with Gasteiger partial charge >= 0.3 is 18.0 Å². The van der Waals surface area contributed by atoms with Crippen molar-refractivity contribution >= 4 is 11.6 Å². The number of nitrogens with zero attached hydrogens (tertiary/aromatic N) is 2. The zero-order chi connectivity index (χ0) is 21.4. The summed E-state index contributed by atoms with van der Waals surface area (Å²) in [4.78, 5) is 21.8. The van der Waals surface area contributed by atoms with Crippen LogP contribution in [0.15, 0.2) is 47.3 Å². The molecule has 0 aliphatic carbocycles. The standard InChI is InChI=1S/C18H10ClF6N3O/c19-13-6-1-9(8-17(20,21)22)7-12(13)15-26-14(27-16(29)28-15)10-2-4-11(5-3-10)18(23,24)25/h1-7H,8H2,(H,26,27,28,29). The number of rotatable bonds is 3. The number of H-pyrrole nitrogens is 1. The summed E-state index contributed by atoms with van der Waals surface area (Å²) in [6.45, 7) is 0. The van der Waals surface area contributed by atoms with Crippen molar-refractivity contribution in [1.82, 2.24) is 15.0 Å². The van der Waals surface area contributed by atoms with Crippen LogP contribution in [0, 0.1) is 0 Å². The number of benzene rings is 2. The Morgan fingerprint density at radius 3 is 2.17 bits per heavy atom. The Kier molecular flexibility index (Phi) is 5.40. The molecular formula is C18H10ClF6N3O. The lowest BCUT2D eigenvalue weighted by molar-refractivity contribution is -0.137. The van der Waals surface area contributed by atoms with Gasteiger partial charge in [0, 0.05) is 11.1 Å². The fourth-order valence-electron chi connectivity index (χ4n) is 2.54. The third-order valence-corrected chi connectivity index (χ3v) is 4.14. The maximum absolute atomic E-state index is 12.7. The third kappa shape index (κ3) is 5.14. The highest BCUT2D eigenvalue weighted by atomic mass is 35.5. The van der Waals surface area contributed by atoms with Gasteiger partial charge in [-0.15, -0.1) is 0 Å². The molecule has 1 N–H and O–H groups in total. The van der Waals surface area contributed by atoms with Gasteiger partial charge < -0.3 is 0 Å². The van der Waals surface area contributed by atoms with Crippen molar-refractivity contribution in [2.45, 2.75) is 18.8 Å². The Balaban J connectivity index is 2.04. The van der Waals surface area contributed by atoms with Crippen LogP contribution < -0.4 is 5.69 Å². The maximum Gasteiger partial charge on any atom is 0.416 e. The first-order valence-electron chi connectivity index (χ1n) is 7.94. The van der Waals surface area contributed by atoms with Gasteiger partial charge in [0.05, 0.1) is 17.0 Å². The van der Waals surface area contributed by atoms with Crippen LogP contribution in [-0.2, 0) is 12.6 Å². The summed E-state index contributed by atoms with van der Waals surface area (Å²) in [5.41, 5.74) is -1.74. The van der Waals surface area contributed by atoms with Crippen molar-refractivity contribution in [2.24, 2.45) is 0 Å². The first-order valence-corrected chi connectivity index (χ1v) is 8.32. The number of hydrogen-bond donors (Lipinski definition) is 1. The van der Waals surface area contributed by atoms with Crippen molar-refractivity contribution in [1.29, 1.82) is 0 Å². The van der Waals surface area contributed by atoms with Gasteiger partial charge in [0.2, 0.25) is 0 Å². The van der Waals surface area contributed by atoms with E-state index < -0.39 is 30.0 Å². The molecule has 4 nitrogen and oxygen atoms in total. The van der Waals surface area contributed by atoms with E-state index in [0.29, 0.717) is 0 Å². The monoisotopic (exact) mass is 433 g/mol. The van der Waals surface area contributed by atoms with E-state index in [4.69, 9.17) is 11.6 Å². The molecule has 3 rings (SSSR count). The lowest BCUT2D eigenvalue weighted by atomic mass is 10.1. The number of aromatic nitrogens is 3. The van der Waals surface area contributed by atoms with E-state index in [1.54, 1.807) is 0 Å². The van der Waals surface area contributed by atoms with E-state index in [-0.39, 0.29) is 33.4 Å². The zero-order valence-corrected chi connectivity index (χ0v) is 15.0. The minimum Gasteiger partial charge on any atom is -0.290 e. The zero-order valence-electron chi connectivity index (χ0n) is 14.2. The molecule has 0 radical (unpaired) electrons. The second-order valence-corrected chi connectivity index (χ2v) is 6.41. The van der Waals surface area contributed by atoms with Gasteiger partial charge in [0.15, 0.2) is 5.82 Å². The van der Waals surface area contributed by atoms with E-state index in [1.807, 2.05) is 0 Å². The Morgan fingerprint density at radius 2 is 1.59 bits per heavy atom. The average Bonchev–Trinajstić information content (AvgIpc) is 2.61. The van der Waals surface area contributed by atoms with E-state index in [1.165, 1.54) is 12.1 Å². The minimum absolute atomic E-state index is 0.0288. The normalized spacial score (nSPS) is 12.2. The van der Waals surface area contributed by atoms with Crippen LogP contribution in [0.3, 0.4) is 0 Å². The highest BCUT2D eigenvalue weighted by Crippen LogP contribution is 2.32. The maximum atomic E-state index is 12.7. The molecule has 1 aromatic heterocycles. The molecule has 0 fully saturated rings. The molecule has 152 valence electrons. The molecule has 0 aliphatic heterocycles. The van der Waals surface area contributed by atoms with Crippen molar-refractivity contribution in [2.75, 3.05) is 0 Å². The summed E-state index contributed by atoms with van der Waals surface area (Å²) < 4.78 is 76.0. The number of halogens is 7. The molecular weight excluding hydrogens is 424 g/mol. The highest BCUT2D eigenvalue weighted by Gasteiger charge is 2.30. The summed E-state index contributed by atoms with van der Waals surface area (Å²) in [5, 5.41) is 0.0312. The van der Waals surface area contributed by atoms with Gasteiger partial charge in [-0.2, -0.15) is 31.3 Å². The lowest BCUT2D eigenvalue weighted by Gasteiger charge is -2.10. The van der Waals surface area contributed by atoms with Crippen LogP contribution in [0.4, 0.5) is 26.3 Å². The molecule has 0 atom stereocenters. The van der Waals surface area contributed by atoms with Crippen LogP contribution in [0.25, 0.3) is 22.8 Å². The third-order valence-electron chi connectivity index (χ3n) is 3.81. The van der Waals surface area contributed by atoms with Crippen LogP contribution in [0.5, 0.6) is 0 Å². The summed E-state index contributed by atoms with van der Waals surface area (Å²) in [7, 11) is 0. The predicted molar refractivity (Wildman–Crippen MR) is 93.3 cm³/mol. The molecule has 2 aromatic carbocycles. The first-order chi connectivity index (χ1) is 13.4. The van der Waals surface area contributed by atoms with Gasteiger partial charge in [-0.25, -0.2) is 9.78 Å². The molecule has 29 heavy (non-hydrogen) atoms. The van der Waals surface area contributed by atoms with E-state index in [0.717, 1.165) is 30.3 Å². The van der Waals surface area contributed by atoms with Crippen LogP contribution in [0.1, 0.15) is 11.1 Å². The van der Waals surface area contributed by atoms with Crippen LogP contribution in [0.2, 0.25) is 5.02 Å². The molecule has 0 saturated heterocycles. The summed E-state index contributed by atoms with van der Waals surface area (Å²) in [6, 6.07) is 7.33. The smallest absolute Gasteiger partial charge is 0.290 e. The second kappa shape index (κ2) is 7.51. The van der Waals surface area contributed by atoms with Gasteiger partial charge in [0.25, 0.3) is 0 Å². The van der Waals surface area contributed by atoms with Crippen molar-refractivity contribution in [3.8, 4) is 22.8 Å². The van der Waals surface area contributed by atoms with Crippen molar-refractivity contribution in [3.05, 3.63) is 69.1 Å². The molecule has 0 aliphatic rings. The van der Waals surface area contributed by atoms with E-state index in [9.17, 15) is 31.1 Å². The topological polar surface area (TPSA) is 58.6 Å². The fourth-order valence-corrected chi connectivity index (χ4v) is 2.75. The van der Waals surface area contributed by atoms with Crippen LogP contribution in [-0.4, -0.2) is 21.1 Å². The SMILES string of the molecule is O=c1nc(-c2ccc(C(F)(F)F)cc2)nc(-c2cc(CC(F)(F)F)ccc2Cl)[nH]1. The second-order valence-electron chi connectivity index (χ2n) is 6.01. The van der Waals surface area contributed by atoms with Gasteiger partial charge in [-0.3, -0.25) is 4.98 Å². The molecule has 1 heterocycles.